The smallest absolute Gasteiger partial charge is 0.188 e. The van der Waals surface area contributed by atoms with Crippen molar-refractivity contribution in [3.63, 3.8) is 0 Å². The topological polar surface area (TPSA) is 79.1 Å². The van der Waals surface area contributed by atoms with Crippen molar-refractivity contribution in [2.45, 2.75) is 19.8 Å². The highest BCUT2D eigenvalue weighted by Crippen LogP contribution is 1.87. The Bertz CT molecular complexity index is 265. The maximum atomic E-state index is 5.61. The Morgan fingerprint density at radius 3 is 3.21 bits per heavy atom. The molecule has 0 spiro atoms. The van der Waals surface area contributed by atoms with E-state index in [9.17, 15) is 0 Å². The molecular formula is C9H17N5. The summed E-state index contributed by atoms with van der Waals surface area (Å²) in [7, 11) is 0. The molecule has 0 amide bonds. The minimum Gasteiger partial charge on any atom is -0.370 e. The summed E-state index contributed by atoms with van der Waals surface area (Å²) in [4.78, 5) is 11.2. The molecule has 0 aliphatic heterocycles. The Morgan fingerprint density at radius 1 is 1.71 bits per heavy atom. The number of hydrogen-bond acceptors (Lipinski definition) is 2. The van der Waals surface area contributed by atoms with E-state index < -0.39 is 0 Å². The molecule has 5 nitrogen and oxygen atoms in total. The molecule has 0 saturated carbocycles. The van der Waals surface area contributed by atoms with Crippen LogP contribution in [0, 0.1) is 0 Å². The summed E-state index contributed by atoms with van der Waals surface area (Å²) in [6.45, 7) is 3.60. The summed E-state index contributed by atoms with van der Waals surface area (Å²) in [6, 6.07) is 0. The maximum Gasteiger partial charge on any atom is 0.188 e. The van der Waals surface area contributed by atoms with Crippen molar-refractivity contribution in [3.05, 3.63) is 18.2 Å². The summed E-state index contributed by atoms with van der Waals surface area (Å²) in [5.74, 6) is 1.47. The van der Waals surface area contributed by atoms with Gasteiger partial charge >= 0.3 is 0 Å². The summed E-state index contributed by atoms with van der Waals surface area (Å²) >= 11 is 0. The zero-order valence-electron chi connectivity index (χ0n) is 8.45. The molecule has 0 aliphatic carbocycles. The Hall–Kier alpha value is -1.52. The SMILES string of the molecule is CCCN=C(N)NCCc1ncc[nH]1. The standard InChI is InChI=1S/C9H17N5/c1-2-4-13-9(10)14-5-3-8-11-6-7-12-8/h6-7H,2-5H2,1H3,(H,11,12)(H3,10,13,14). The minimum absolute atomic E-state index is 0.512. The molecule has 1 rings (SSSR count). The molecule has 0 fully saturated rings. The van der Waals surface area contributed by atoms with E-state index in [1.54, 1.807) is 6.20 Å². The van der Waals surface area contributed by atoms with Gasteiger partial charge in [0.25, 0.3) is 0 Å². The fourth-order valence-electron chi connectivity index (χ4n) is 1.03. The first-order chi connectivity index (χ1) is 6.83. The van der Waals surface area contributed by atoms with Gasteiger partial charge in [-0.3, -0.25) is 4.99 Å². The first-order valence-electron chi connectivity index (χ1n) is 4.85. The van der Waals surface area contributed by atoms with E-state index in [0.29, 0.717) is 5.96 Å². The third-order valence-corrected chi connectivity index (χ3v) is 1.73. The fraction of sp³-hybridized carbons (Fsp3) is 0.556. The predicted molar refractivity (Wildman–Crippen MR) is 57.1 cm³/mol. The zero-order valence-corrected chi connectivity index (χ0v) is 8.45. The second kappa shape index (κ2) is 6.01. The number of imidazole rings is 1. The number of nitrogens with one attached hydrogen (secondary N) is 2. The van der Waals surface area contributed by atoms with Gasteiger partial charge in [0.1, 0.15) is 5.82 Å². The van der Waals surface area contributed by atoms with Crippen LogP contribution < -0.4 is 11.1 Å². The molecule has 0 radical (unpaired) electrons. The number of guanidine groups is 1. The summed E-state index contributed by atoms with van der Waals surface area (Å²) in [5, 5.41) is 3.02. The van der Waals surface area contributed by atoms with E-state index in [1.807, 2.05) is 6.20 Å². The Labute approximate surface area is 83.8 Å². The summed E-state index contributed by atoms with van der Waals surface area (Å²) in [6.07, 6.45) is 5.39. The third-order valence-electron chi connectivity index (χ3n) is 1.73. The molecule has 1 aromatic rings. The molecule has 14 heavy (non-hydrogen) atoms. The van der Waals surface area contributed by atoms with E-state index in [-0.39, 0.29) is 0 Å². The quantitative estimate of drug-likeness (QED) is 0.466. The first-order valence-corrected chi connectivity index (χ1v) is 4.85. The largest absolute Gasteiger partial charge is 0.370 e. The number of hydrogen-bond donors (Lipinski definition) is 3. The van der Waals surface area contributed by atoms with Crippen molar-refractivity contribution in [1.82, 2.24) is 15.3 Å². The van der Waals surface area contributed by atoms with E-state index in [1.165, 1.54) is 0 Å². The van der Waals surface area contributed by atoms with Crippen LogP contribution in [0.4, 0.5) is 0 Å². The number of nitrogens with two attached hydrogens (primary N) is 1. The van der Waals surface area contributed by atoms with Gasteiger partial charge in [0.15, 0.2) is 5.96 Å². The number of nitrogens with zero attached hydrogens (tertiary/aromatic N) is 2. The van der Waals surface area contributed by atoms with Crippen LogP contribution in [0.2, 0.25) is 0 Å². The average molecular weight is 195 g/mol. The second-order valence-corrected chi connectivity index (χ2v) is 2.98. The predicted octanol–water partition coefficient (Wildman–Crippen LogP) is 0.266. The highest BCUT2D eigenvalue weighted by molar-refractivity contribution is 5.77. The summed E-state index contributed by atoms with van der Waals surface area (Å²) < 4.78 is 0. The highest BCUT2D eigenvalue weighted by Gasteiger charge is 1.94. The van der Waals surface area contributed by atoms with Crippen LogP contribution in [0.15, 0.2) is 17.4 Å². The van der Waals surface area contributed by atoms with E-state index in [0.717, 1.165) is 31.8 Å². The molecule has 78 valence electrons. The molecular weight excluding hydrogens is 178 g/mol. The molecule has 0 saturated heterocycles. The first kappa shape index (κ1) is 10.6. The van der Waals surface area contributed by atoms with Gasteiger partial charge in [0.2, 0.25) is 0 Å². The third kappa shape index (κ3) is 3.93. The number of aromatic nitrogens is 2. The van der Waals surface area contributed by atoms with Gasteiger partial charge < -0.3 is 16.0 Å². The van der Waals surface area contributed by atoms with Gasteiger partial charge in [-0.2, -0.15) is 0 Å². The monoisotopic (exact) mass is 195 g/mol. The van der Waals surface area contributed by atoms with Gasteiger partial charge in [-0.25, -0.2) is 4.98 Å². The molecule has 0 aromatic carbocycles. The van der Waals surface area contributed by atoms with Gasteiger partial charge in [-0.1, -0.05) is 6.92 Å². The van der Waals surface area contributed by atoms with Crippen molar-refractivity contribution in [1.29, 1.82) is 0 Å². The van der Waals surface area contributed by atoms with Gasteiger partial charge in [-0.05, 0) is 6.42 Å². The lowest BCUT2D eigenvalue weighted by molar-refractivity contribution is 0.808. The molecule has 0 bridgehead atoms. The van der Waals surface area contributed by atoms with E-state index in [4.69, 9.17) is 5.73 Å². The number of aliphatic imine (C=N–C) groups is 1. The molecule has 0 aliphatic rings. The lowest BCUT2D eigenvalue weighted by Crippen LogP contribution is -2.33. The molecule has 1 heterocycles. The number of aromatic amines is 1. The van der Waals surface area contributed by atoms with E-state index >= 15 is 0 Å². The average Bonchev–Trinajstić information content (AvgIpc) is 2.67. The van der Waals surface area contributed by atoms with Crippen LogP contribution in [0.25, 0.3) is 0 Å². The van der Waals surface area contributed by atoms with Crippen LogP contribution in [0.1, 0.15) is 19.2 Å². The Morgan fingerprint density at radius 2 is 2.57 bits per heavy atom. The second-order valence-electron chi connectivity index (χ2n) is 2.98. The molecule has 5 heteroatoms. The van der Waals surface area contributed by atoms with Crippen molar-refractivity contribution < 1.29 is 0 Å². The number of H-pyrrole nitrogens is 1. The van der Waals surface area contributed by atoms with E-state index in [2.05, 4.69) is 27.2 Å². The Kier molecular flexibility index (Phi) is 4.54. The fourth-order valence-corrected chi connectivity index (χ4v) is 1.03. The Balaban J connectivity index is 2.15. The van der Waals surface area contributed by atoms with Crippen LogP contribution >= 0.6 is 0 Å². The number of rotatable bonds is 5. The van der Waals surface area contributed by atoms with Gasteiger partial charge in [-0.15, -0.1) is 0 Å². The van der Waals surface area contributed by atoms with Crippen LogP contribution in [-0.4, -0.2) is 29.0 Å². The molecule has 0 atom stereocenters. The highest BCUT2D eigenvalue weighted by atomic mass is 15.1. The van der Waals surface area contributed by atoms with Crippen molar-refractivity contribution >= 4 is 5.96 Å². The maximum absolute atomic E-state index is 5.61. The van der Waals surface area contributed by atoms with Crippen LogP contribution in [-0.2, 0) is 6.42 Å². The summed E-state index contributed by atoms with van der Waals surface area (Å²) in [5.41, 5.74) is 5.61. The van der Waals surface area contributed by atoms with Crippen molar-refractivity contribution in [2.24, 2.45) is 10.7 Å². The zero-order chi connectivity index (χ0) is 10.2. The van der Waals surface area contributed by atoms with Crippen LogP contribution in [0.5, 0.6) is 0 Å². The lowest BCUT2D eigenvalue weighted by atomic mass is 10.4. The lowest BCUT2D eigenvalue weighted by Gasteiger charge is -2.03. The molecule has 1 aromatic heterocycles. The van der Waals surface area contributed by atoms with Gasteiger partial charge in [0.05, 0.1) is 0 Å². The van der Waals surface area contributed by atoms with Crippen LogP contribution in [0.3, 0.4) is 0 Å². The van der Waals surface area contributed by atoms with Crippen molar-refractivity contribution in [2.75, 3.05) is 13.1 Å². The molecule has 4 N–H and O–H groups in total. The molecule has 0 unspecified atom stereocenters. The van der Waals surface area contributed by atoms with Gasteiger partial charge in [0, 0.05) is 31.9 Å². The van der Waals surface area contributed by atoms with Crippen molar-refractivity contribution in [3.8, 4) is 0 Å². The minimum atomic E-state index is 0.512. The normalized spacial score (nSPS) is 11.6.